The molecule has 5 bridgehead atoms. The van der Waals surface area contributed by atoms with Crippen LogP contribution in [0.4, 0.5) is 0 Å². The number of rotatable bonds is 7. The van der Waals surface area contributed by atoms with Crippen LogP contribution in [0, 0.1) is 33.5 Å². The summed E-state index contributed by atoms with van der Waals surface area (Å²) in [6.45, 7) is 15.7. The average Bonchev–Trinajstić information content (AvgIpc) is 3.23. The molecule has 2 N–H and O–H groups in total. The molecule has 1 aromatic carbocycles. The quantitative estimate of drug-likeness (QED) is 0.270. The lowest BCUT2D eigenvalue weighted by Crippen LogP contribution is -2.82. The maximum absolute atomic E-state index is 15.4. The summed E-state index contributed by atoms with van der Waals surface area (Å²) in [7, 11) is 0. The van der Waals surface area contributed by atoms with Crippen molar-refractivity contribution >= 4 is 17.3 Å². The summed E-state index contributed by atoms with van der Waals surface area (Å²) in [6.07, 6.45) is 10.2. The van der Waals surface area contributed by atoms with Crippen molar-refractivity contribution in [3.63, 3.8) is 0 Å². The van der Waals surface area contributed by atoms with Gasteiger partial charge in [-0.2, -0.15) is 0 Å². The molecule has 0 amide bonds. The monoisotopic (exact) mass is 584 g/mol. The minimum atomic E-state index is -1.83. The summed E-state index contributed by atoms with van der Waals surface area (Å²) in [6, 6.07) is 7.55. The molecule has 7 rings (SSSR count). The number of benzene rings is 1. The lowest BCUT2D eigenvalue weighted by Gasteiger charge is -2.69. The Morgan fingerprint density at radius 2 is 1.60 bits per heavy atom. The second-order valence-corrected chi connectivity index (χ2v) is 16.2. The van der Waals surface area contributed by atoms with E-state index in [4.69, 9.17) is 0 Å². The predicted octanol–water partition coefficient (Wildman–Crippen LogP) is 6.86. The molecule has 0 aromatic heterocycles. The van der Waals surface area contributed by atoms with Gasteiger partial charge in [-0.1, -0.05) is 73.6 Å². The summed E-state index contributed by atoms with van der Waals surface area (Å²) in [5.41, 5.74) is -5.12. The number of fused-ring (bicyclic) bond motifs is 1. The molecule has 5 heteroatoms. The normalized spacial score (nSPS) is 40.1. The molecular weight excluding hydrogens is 536 g/mol. The Balaban J connectivity index is 1.72. The first-order chi connectivity index (χ1) is 19.9. The Bertz CT molecular complexity index is 1530. The largest absolute Gasteiger partial charge is 0.387 e. The second kappa shape index (κ2) is 8.97. The van der Waals surface area contributed by atoms with Crippen LogP contribution in [0.3, 0.4) is 0 Å². The molecule has 5 nitrogen and oxygen atoms in total. The van der Waals surface area contributed by atoms with Crippen LogP contribution in [0.25, 0.3) is 0 Å². The molecule has 230 valence electrons. The Hall–Kier alpha value is -2.63. The molecule has 0 saturated heterocycles. The van der Waals surface area contributed by atoms with E-state index in [1.807, 2.05) is 50.3 Å². The molecule has 43 heavy (non-hydrogen) atoms. The summed E-state index contributed by atoms with van der Waals surface area (Å²) < 4.78 is 0. The van der Waals surface area contributed by atoms with Crippen molar-refractivity contribution in [2.75, 3.05) is 0 Å². The van der Waals surface area contributed by atoms with E-state index in [9.17, 15) is 10.2 Å². The molecular formula is C38H48O5. The first-order valence-electron chi connectivity index (χ1n) is 16.0. The van der Waals surface area contributed by atoms with Crippen LogP contribution in [0.1, 0.15) is 110 Å². The maximum atomic E-state index is 15.4. The van der Waals surface area contributed by atoms with E-state index in [-0.39, 0.29) is 36.1 Å². The Labute approximate surface area is 256 Å². The van der Waals surface area contributed by atoms with Crippen molar-refractivity contribution in [3.8, 4) is 0 Å². The van der Waals surface area contributed by atoms with E-state index in [0.717, 1.165) is 16.7 Å². The second-order valence-electron chi connectivity index (χ2n) is 16.2. The van der Waals surface area contributed by atoms with Crippen molar-refractivity contribution in [2.45, 2.75) is 111 Å². The van der Waals surface area contributed by atoms with Crippen LogP contribution in [-0.2, 0) is 15.0 Å². The van der Waals surface area contributed by atoms with E-state index in [2.05, 4.69) is 33.8 Å². The molecule has 0 unspecified atom stereocenters. The number of allylic oxidation sites excluding steroid dienone is 5. The average molecular weight is 585 g/mol. The van der Waals surface area contributed by atoms with Gasteiger partial charge < -0.3 is 10.2 Å². The van der Waals surface area contributed by atoms with E-state index in [0.29, 0.717) is 31.2 Å². The van der Waals surface area contributed by atoms with Crippen LogP contribution in [0.15, 0.2) is 59.7 Å². The predicted molar refractivity (Wildman–Crippen MR) is 167 cm³/mol. The Kier molecular flexibility index (Phi) is 6.34. The number of carbonyl (C=O) groups excluding carboxylic acids is 3. The summed E-state index contributed by atoms with van der Waals surface area (Å²) in [4.78, 5) is 45.8. The minimum absolute atomic E-state index is 0.101. The molecule has 1 spiro atoms. The van der Waals surface area contributed by atoms with E-state index in [1.165, 1.54) is 0 Å². The van der Waals surface area contributed by atoms with Gasteiger partial charge in [-0.3, -0.25) is 14.4 Å². The zero-order valence-corrected chi connectivity index (χ0v) is 27.1. The summed E-state index contributed by atoms with van der Waals surface area (Å²) in [5.74, 6) is -1.38. The van der Waals surface area contributed by atoms with Crippen molar-refractivity contribution in [1.82, 2.24) is 0 Å². The van der Waals surface area contributed by atoms with Crippen molar-refractivity contribution in [2.24, 2.45) is 33.5 Å². The number of hydrogen-bond acceptors (Lipinski definition) is 5. The fourth-order valence-electron chi connectivity index (χ4n) is 11.0. The van der Waals surface area contributed by atoms with Gasteiger partial charge in [0.2, 0.25) is 0 Å². The molecule has 1 aromatic rings. The van der Waals surface area contributed by atoms with Crippen LogP contribution < -0.4 is 0 Å². The van der Waals surface area contributed by atoms with Crippen molar-refractivity contribution < 1.29 is 24.6 Å². The fraction of sp³-hybridized carbons (Fsp3) is 0.605. The van der Waals surface area contributed by atoms with E-state index < -0.39 is 44.2 Å². The molecule has 5 fully saturated rings. The highest BCUT2D eigenvalue weighted by Gasteiger charge is 2.97. The molecule has 7 atom stereocenters. The Morgan fingerprint density at radius 1 is 0.953 bits per heavy atom. The van der Waals surface area contributed by atoms with Gasteiger partial charge in [-0.05, 0) is 103 Å². The third kappa shape index (κ3) is 3.34. The molecule has 6 aliphatic rings. The number of carbonyl (C=O) groups is 3. The van der Waals surface area contributed by atoms with Gasteiger partial charge in [0.15, 0.2) is 17.3 Å². The third-order valence-corrected chi connectivity index (χ3v) is 12.5. The molecule has 6 aliphatic carbocycles. The first kappa shape index (κ1) is 30.4. The van der Waals surface area contributed by atoms with Crippen molar-refractivity contribution in [3.05, 3.63) is 70.8 Å². The molecule has 0 aliphatic heterocycles. The first-order valence-corrected chi connectivity index (χ1v) is 16.0. The number of Topliss-reactive ketones (excluding diaryl/α,β-unsaturated/α-hetero) is 3. The fourth-order valence-corrected chi connectivity index (χ4v) is 11.0. The van der Waals surface area contributed by atoms with Crippen LogP contribution >= 0.6 is 0 Å². The van der Waals surface area contributed by atoms with Gasteiger partial charge in [0.25, 0.3) is 0 Å². The maximum Gasteiger partial charge on any atom is 0.180 e. The molecule has 0 radical (unpaired) electrons. The lowest BCUT2D eigenvalue weighted by atomic mass is 9.32. The van der Waals surface area contributed by atoms with Gasteiger partial charge in [-0.15, -0.1) is 0 Å². The third-order valence-electron chi connectivity index (χ3n) is 12.5. The number of ketones is 3. The zero-order valence-electron chi connectivity index (χ0n) is 27.1. The minimum Gasteiger partial charge on any atom is -0.387 e. The standard InChI is InChI=1S/C38H48O5/c1-23(2)14-15-25-20-36-21-28-33(7,8)27-13-10-9-12-26(27)29(39)37(28)31(41)34(30(36)40,19-16-24(3)4)22-35(25,38(36,37)43)18-11-17-32(5,6)42/h9-14,16-17,25,28,42-43H,15,18-22H2,1-8H3/b17-11+/t25-,28-,34-,35+,36-,37-,38-/m0/s1. The number of aliphatic hydroxyl groups is 2. The lowest BCUT2D eigenvalue weighted by molar-refractivity contribution is -0.244. The van der Waals surface area contributed by atoms with Crippen LogP contribution in [-0.4, -0.2) is 38.8 Å². The van der Waals surface area contributed by atoms with Gasteiger partial charge in [0.1, 0.15) is 11.0 Å². The van der Waals surface area contributed by atoms with Gasteiger partial charge >= 0.3 is 0 Å². The SMILES string of the molecule is CC(C)=CC[C@H]1C[C@@]23C[C@H]4C(C)(C)c5ccccc5C(=O)[C@]45C(=O)[C@@](CC=C(C)C)(C[C@@]1(C/C=C/C(C)(C)O)[C@]25O)C3=O. The van der Waals surface area contributed by atoms with E-state index >= 15 is 14.4 Å². The highest BCUT2D eigenvalue weighted by atomic mass is 16.3. The highest BCUT2D eigenvalue weighted by Crippen LogP contribution is 2.88. The number of hydrogen-bond donors (Lipinski definition) is 2. The molecule has 0 heterocycles. The summed E-state index contributed by atoms with van der Waals surface area (Å²) >= 11 is 0. The Morgan fingerprint density at radius 3 is 2.23 bits per heavy atom. The van der Waals surface area contributed by atoms with Crippen molar-refractivity contribution in [1.29, 1.82) is 0 Å². The molecule has 5 saturated carbocycles. The van der Waals surface area contributed by atoms with E-state index in [1.54, 1.807) is 19.9 Å². The summed E-state index contributed by atoms with van der Waals surface area (Å²) in [5, 5.41) is 24.4. The highest BCUT2D eigenvalue weighted by molar-refractivity contribution is 6.29. The van der Waals surface area contributed by atoms with Gasteiger partial charge in [0, 0.05) is 11.0 Å². The zero-order chi connectivity index (χ0) is 31.6. The van der Waals surface area contributed by atoms with Gasteiger partial charge in [-0.25, -0.2) is 0 Å². The van der Waals surface area contributed by atoms with Crippen LogP contribution in [0.5, 0.6) is 0 Å². The topological polar surface area (TPSA) is 91.7 Å². The van der Waals surface area contributed by atoms with Gasteiger partial charge in [0.05, 0.1) is 16.4 Å². The van der Waals surface area contributed by atoms with Crippen LogP contribution in [0.2, 0.25) is 0 Å². The smallest absolute Gasteiger partial charge is 0.180 e.